The molecule has 0 aliphatic heterocycles. The van der Waals surface area contributed by atoms with Gasteiger partial charge in [0.15, 0.2) is 0 Å². The zero-order valence-electron chi connectivity index (χ0n) is 9.48. The van der Waals surface area contributed by atoms with Crippen LogP contribution in [0.15, 0.2) is 35.3 Å². The summed E-state index contributed by atoms with van der Waals surface area (Å²) in [4.78, 5) is 13.6. The third kappa shape index (κ3) is 4.03. The number of halogens is 4. The van der Waals surface area contributed by atoms with Crippen LogP contribution in [0.4, 0.5) is 17.6 Å². The minimum Gasteiger partial charge on any atom is -0.329 e. The maximum atomic E-state index is 12.7. The van der Waals surface area contributed by atoms with E-state index in [1.807, 2.05) is 0 Å². The largest absolute Gasteiger partial charge is 0.522 e. The Bertz CT molecular complexity index is 767. The maximum absolute atomic E-state index is 12.7. The SMILES string of the molecule is O=S(=O)(O)C(F)(F)F.O=c1[nH]ccc2ccc(F)cc12. The molecule has 0 amide bonds. The molecule has 110 valence electrons. The molecule has 2 N–H and O–H groups in total. The van der Waals surface area contributed by atoms with E-state index in [1.54, 1.807) is 18.3 Å². The van der Waals surface area contributed by atoms with E-state index in [9.17, 15) is 22.4 Å². The van der Waals surface area contributed by atoms with E-state index in [-0.39, 0.29) is 11.4 Å². The number of aromatic nitrogens is 1. The molecular formula is C10H7F4NO4S. The lowest BCUT2D eigenvalue weighted by molar-refractivity contribution is -0.0510. The lowest BCUT2D eigenvalue weighted by atomic mass is 10.2. The minimum absolute atomic E-state index is 0.257. The Kier molecular flexibility index (Phi) is 4.50. The molecule has 0 aliphatic rings. The summed E-state index contributed by atoms with van der Waals surface area (Å²) in [7, 11) is -5.84. The Balaban J connectivity index is 0.000000221. The van der Waals surface area contributed by atoms with Gasteiger partial charge in [0, 0.05) is 11.6 Å². The molecule has 0 atom stereocenters. The first-order valence-electron chi connectivity index (χ1n) is 4.83. The first-order chi connectivity index (χ1) is 9.02. The number of hydrogen-bond acceptors (Lipinski definition) is 3. The molecule has 0 unspecified atom stereocenters. The predicted molar refractivity (Wildman–Crippen MR) is 62.1 cm³/mol. The molecule has 0 fully saturated rings. The Labute approximate surface area is 109 Å². The molecule has 0 radical (unpaired) electrons. The summed E-state index contributed by atoms with van der Waals surface area (Å²) in [6.07, 6.45) is 1.54. The summed E-state index contributed by atoms with van der Waals surface area (Å²) < 4.78 is 70.2. The van der Waals surface area contributed by atoms with Crippen LogP contribution in [0.2, 0.25) is 0 Å². The molecule has 1 aromatic carbocycles. The highest BCUT2D eigenvalue weighted by Crippen LogP contribution is 2.20. The second-order valence-electron chi connectivity index (χ2n) is 3.46. The minimum atomic E-state index is -5.84. The average molecular weight is 313 g/mol. The molecule has 0 saturated carbocycles. The Morgan fingerprint density at radius 2 is 1.70 bits per heavy atom. The van der Waals surface area contributed by atoms with Crippen LogP contribution in [-0.2, 0) is 10.1 Å². The van der Waals surface area contributed by atoms with Gasteiger partial charge in [-0.15, -0.1) is 0 Å². The van der Waals surface area contributed by atoms with Crippen LogP contribution in [0.25, 0.3) is 10.8 Å². The standard InChI is InChI=1S/C9H6FNO.CHF3O3S/c10-7-2-1-6-3-4-11-9(12)8(6)5-7;2-1(3,4)8(5,6)7/h1-5H,(H,11,12);(H,5,6,7). The van der Waals surface area contributed by atoms with Crippen molar-refractivity contribution in [2.45, 2.75) is 5.51 Å². The number of hydrogen-bond donors (Lipinski definition) is 2. The van der Waals surface area contributed by atoms with E-state index < -0.39 is 15.6 Å². The van der Waals surface area contributed by atoms with Crippen LogP contribution in [0, 0.1) is 5.82 Å². The van der Waals surface area contributed by atoms with E-state index in [0.717, 1.165) is 5.39 Å². The first-order valence-corrected chi connectivity index (χ1v) is 6.27. The molecule has 0 saturated heterocycles. The van der Waals surface area contributed by atoms with Crippen LogP contribution in [0.5, 0.6) is 0 Å². The third-order valence-corrected chi connectivity index (χ3v) is 2.61. The monoisotopic (exact) mass is 313 g/mol. The second kappa shape index (κ2) is 5.59. The molecule has 5 nitrogen and oxygen atoms in total. The Hall–Kier alpha value is -1.94. The van der Waals surface area contributed by atoms with E-state index in [4.69, 9.17) is 13.0 Å². The summed E-state index contributed by atoms with van der Waals surface area (Å²) in [6, 6.07) is 5.88. The van der Waals surface area contributed by atoms with E-state index in [1.165, 1.54) is 12.1 Å². The van der Waals surface area contributed by atoms with Gasteiger partial charge in [-0.2, -0.15) is 21.6 Å². The van der Waals surface area contributed by atoms with Gasteiger partial charge in [-0.1, -0.05) is 6.07 Å². The number of rotatable bonds is 0. The van der Waals surface area contributed by atoms with Crippen molar-refractivity contribution in [1.82, 2.24) is 4.98 Å². The molecule has 0 bridgehead atoms. The van der Waals surface area contributed by atoms with Crippen molar-refractivity contribution in [3.05, 3.63) is 46.6 Å². The highest BCUT2D eigenvalue weighted by Gasteiger charge is 2.44. The lowest BCUT2D eigenvalue weighted by Crippen LogP contribution is -2.21. The predicted octanol–water partition coefficient (Wildman–Crippen LogP) is 2.06. The maximum Gasteiger partial charge on any atom is 0.522 e. The number of benzene rings is 1. The lowest BCUT2D eigenvalue weighted by Gasteiger charge is -1.97. The van der Waals surface area contributed by atoms with E-state index >= 15 is 0 Å². The number of alkyl halides is 3. The molecule has 0 aliphatic carbocycles. The fourth-order valence-electron chi connectivity index (χ4n) is 1.16. The van der Waals surface area contributed by atoms with Crippen molar-refractivity contribution in [3.63, 3.8) is 0 Å². The van der Waals surface area contributed by atoms with Gasteiger partial charge in [-0.05, 0) is 23.6 Å². The van der Waals surface area contributed by atoms with Crippen LogP contribution in [0.3, 0.4) is 0 Å². The normalized spacial score (nSPS) is 11.8. The average Bonchev–Trinajstić information content (AvgIpc) is 2.28. The van der Waals surface area contributed by atoms with Gasteiger partial charge in [0.05, 0.1) is 0 Å². The fraction of sp³-hybridized carbons (Fsp3) is 0.100. The first kappa shape index (κ1) is 16.1. The molecule has 1 aromatic heterocycles. The zero-order chi connectivity index (χ0) is 15.6. The smallest absolute Gasteiger partial charge is 0.329 e. The Morgan fingerprint density at radius 3 is 2.20 bits per heavy atom. The zero-order valence-corrected chi connectivity index (χ0v) is 10.3. The van der Waals surface area contributed by atoms with Crippen LogP contribution >= 0.6 is 0 Å². The Morgan fingerprint density at radius 1 is 1.15 bits per heavy atom. The molecule has 10 heteroatoms. The van der Waals surface area contributed by atoms with Crippen molar-refractivity contribution in [3.8, 4) is 0 Å². The number of H-pyrrole nitrogens is 1. The molecule has 2 rings (SSSR count). The van der Waals surface area contributed by atoms with Crippen molar-refractivity contribution in [2.75, 3.05) is 0 Å². The third-order valence-electron chi connectivity index (χ3n) is 2.03. The van der Waals surface area contributed by atoms with Gasteiger partial charge in [0.25, 0.3) is 5.56 Å². The van der Waals surface area contributed by atoms with E-state index in [0.29, 0.717) is 5.39 Å². The van der Waals surface area contributed by atoms with Crippen molar-refractivity contribution in [1.29, 1.82) is 0 Å². The van der Waals surface area contributed by atoms with Gasteiger partial charge in [0.2, 0.25) is 0 Å². The van der Waals surface area contributed by atoms with Crippen LogP contribution < -0.4 is 5.56 Å². The highest BCUT2D eigenvalue weighted by molar-refractivity contribution is 7.86. The van der Waals surface area contributed by atoms with Gasteiger partial charge in [-0.25, -0.2) is 4.39 Å². The van der Waals surface area contributed by atoms with Crippen molar-refractivity contribution in [2.24, 2.45) is 0 Å². The van der Waals surface area contributed by atoms with Gasteiger partial charge < -0.3 is 4.98 Å². The summed E-state index contributed by atoms with van der Waals surface area (Å²) >= 11 is 0. The highest BCUT2D eigenvalue weighted by atomic mass is 32.2. The molecule has 2 aromatic rings. The van der Waals surface area contributed by atoms with Crippen LogP contribution in [0.1, 0.15) is 0 Å². The summed E-state index contributed by atoms with van der Waals surface area (Å²) in [5.74, 6) is -0.390. The molecule has 1 heterocycles. The van der Waals surface area contributed by atoms with E-state index in [2.05, 4.69) is 4.98 Å². The topological polar surface area (TPSA) is 87.2 Å². The van der Waals surface area contributed by atoms with Crippen molar-refractivity contribution >= 4 is 20.9 Å². The summed E-state index contributed by atoms with van der Waals surface area (Å²) in [5.41, 5.74) is -5.79. The second-order valence-corrected chi connectivity index (χ2v) is 4.87. The molecule has 20 heavy (non-hydrogen) atoms. The number of aromatic amines is 1. The quantitative estimate of drug-likeness (QED) is 0.443. The van der Waals surface area contributed by atoms with Gasteiger partial charge in [0.1, 0.15) is 5.82 Å². The molecular weight excluding hydrogens is 306 g/mol. The number of nitrogens with one attached hydrogen (secondary N) is 1. The van der Waals surface area contributed by atoms with Crippen molar-refractivity contribution < 1.29 is 30.5 Å². The number of pyridine rings is 1. The van der Waals surface area contributed by atoms with Gasteiger partial charge in [-0.3, -0.25) is 9.35 Å². The number of fused-ring (bicyclic) bond motifs is 1. The molecule has 0 spiro atoms. The fourth-order valence-corrected chi connectivity index (χ4v) is 1.16. The van der Waals surface area contributed by atoms with Crippen LogP contribution in [-0.4, -0.2) is 23.5 Å². The summed E-state index contributed by atoms with van der Waals surface area (Å²) in [5, 5.41) is 1.14. The van der Waals surface area contributed by atoms with Gasteiger partial charge >= 0.3 is 15.6 Å². The summed E-state index contributed by atoms with van der Waals surface area (Å²) in [6.45, 7) is 0.